The van der Waals surface area contributed by atoms with E-state index in [1.807, 2.05) is 27.7 Å². The van der Waals surface area contributed by atoms with Crippen molar-refractivity contribution in [2.75, 3.05) is 6.61 Å². The molecule has 8 heteroatoms. The number of carbonyl (C=O) groups excluding carboxylic acids is 4. The number of Topliss-reactive ketones (excluding diaryl/α,β-unsaturated/α-hetero) is 1. The fourth-order valence-corrected chi connectivity index (χ4v) is 2.71. The van der Waals surface area contributed by atoms with Gasteiger partial charge in [-0.3, -0.25) is 9.59 Å². The van der Waals surface area contributed by atoms with Crippen LogP contribution in [0.15, 0.2) is 0 Å². The van der Waals surface area contributed by atoms with Gasteiger partial charge in [0.1, 0.15) is 17.9 Å². The number of carbonyl (C=O) groups is 4. The van der Waals surface area contributed by atoms with Gasteiger partial charge in [0.25, 0.3) is 0 Å². The number of hydrogen-bond donors (Lipinski definition) is 3. The Morgan fingerprint density at radius 1 is 0.893 bits per heavy atom. The van der Waals surface area contributed by atoms with Crippen LogP contribution in [0.4, 0.5) is 0 Å². The lowest BCUT2D eigenvalue weighted by molar-refractivity contribution is -0.148. The first-order valence-electron chi connectivity index (χ1n) is 10.00. The van der Waals surface area contributed by atoms with Gasteiger partial charge in [-0.15, -0.1) is 0 Å². The quantitative estimate of drug-likeness (QED) is 0.401. The van der Waals surface area contributed by atoms with Gasteiger partial charge in [-0.05, 0) is 44.9 Å². The first-order chi connectivity index (χ1) is 13.0. The second-order valence-electron chi connectivity index (χ2n) is 7.98. The van der Waals surface area contributed by atoms with Gasteiger partial charge in [-0.25, -0.2) is 4.79 Å². The standard InChI is InChI=1S/C20H37N3O5/c1-7-28-20(27)16(9-8-14(6)24)22-19(26)17(11-13(4)5)23-18(25)15(21)10-12(2)3/h12-13,15-17H,7-11,21H2,1-6H3,(H,22,26)(H,23,25). The highest BCUT2D eigenvalue weighted by Crippen LogP contribution is 2.09. The van der Waals surface area contributed by atoms with Gasteiger partial charge in [0.05, 0.1) is 12.6 Å². The molecule has 0 heterocycles. The van der Waals surface area contributed by atoms with Gasteiger partial charge < -0.3 is 25.9 Å². The number of ether oxygens (including phenoxy) is 1. The van der Waals surface area contributed by atoms with Crippen LogP contribution in [0, 0.1) is 11.8 Å². The molecular formula is C20H37N3O5. The highest BCUT2D eigenvalue weighted by atomic mass is 16.5. The average molecular weight is 400 g/mol. The van der Waals surface area contributed by atoms with Crippen LogP contribution in [0.1, 0.15) is 67.2 Å². The number of rotatable bonds is 13. The Labute approximate surface area is 168 Å². The summed E-state index contributed by atoms with van der Waals surface area (Å²) in [5.74, 6) is -1.18. The van der Waals surface area contributed by atoms with E-state index in [2.05, 4.69) is 10.6 Å². The maximum absolute atomic E-state index is 12.8. The van der Waals surface area contributed by atoms with E-state index in [1.54, 1.807) is 6.92 Å². The molecule has 0 aliphatic carbocycles. The Hall–Kier alpha value is -1.96. The van der Waals surface area contributed by atoms with E-state index >= 15 is 0 Å². The van der Waals surface area contributed by atoms with E-state index in [9.17, 15) is 19.2 Å². The van der Waals surface area contributed by atoms with Crippen molar-refractivity contribution in [2.24, 2.45) is 17.6 Å². The zero-order valence-corrected chi connectivity index (χ0v) is 18.0. The van der Waals surface area contributed by atoms with Crippen molar-refractivity contribution in [2.45, 2.75) is 85.4 Å². The zero-order valence-electron chi connectivity index (χ0n) is 18.0. The lowest BCUT2D eigenvalue weighted by Gasteiger charge is -2.25. The van der Waals surface area contributed by atoms with Crippen LogP contribution in [0.25, 0.3) is 0 Å². The molecule has 0 aromatic rings. The molecule has 0 aromatic heterocycles. The molecule has 162 valence electrons. The lowest BCUT2D eigenvalue weighted by Crippen LogP contribution is -2.55. The normalized spacial score (nSPS) is 14.3. The van der Waals surface area contributed by atoms with Crippen molar-refractivity contribution < 1.29 is 23.9 Å². The van der Waals surface area contributed by atoms with Crippen LogP contribution < -0.4 is 16.4 Å². The first kappa shape index (κ1) is 26.0. The molecule has 0 rings (SSSR count). The van der Waals surface area contributed by atoms with Crippen LogP contribution in [-0.4, -0.2) is 48.3 Å². The Bertz CT molecular complexity index is 534. The number of amides is 2. The number of hydrogen-bond acceptors (Lipinski definition) is 6. The van der Waals surface area contributed by atoms with Crippen LogP contribution in [-0.2, 0) is 23.9 Å². The minimum atomic E-state index is -0.938. The minimum Gasteiger partial charge on any atom is -0.464 e. The van der Waals surface area contributed by atoms with Gasteiger partial charge in [-0.1, -0.05) is 27.7 Å². The number of ketones is 1. The molecule has 8 nitrogen and oxygen atoms in total. The molecule has 2 amide bonds. The molecule has 0 saturated carbocycles. The summed E-state index contributed by atoms with van der Waals surface area (Å²) in [4.78, 5) is 48.5. The fraction of sp³-hybridized carbons (Fsp3) is 0.800. The molecule has 0 fully saturated rings. The third kappa shape index (κ3) is 11.0. The average Bonchev–Trinajstić information content (AvgIpc) is 2.56. The second kappa shape index (κ2) is 13.3. The molecule has 4 N–H and O–H groups in total. The van der Waals surface area contributed by atoms with Crippen molar-refractivity contribution in [1.82, 2.24) is 10.6 Å². The van der Waals surface area contributed by atoms with E-state index in [1.165, 1.54) is 6.92 Å². The molecule has 0 spiro atoms. The van der Waals surface area contributed by atoms with Crippen molar-refractivity contribution >= 4 is 23.6 Å². The predicted molar refractivity (Wildman–Crippen MR) is 107 cm³/mol. The number of esters is 1. The highest BCUT2D eigenvalue weighted by Gasteiger charge is 2.29. The van der Waals surface area contributed by atoms with Gasteiger partial charge in [0.2, 0.25) is 11.8 Å². The van der Waals surface area contributed by atoms with Crippen LogP contribution in [0.3, 0.4) is 0 Å². The lowest BCUT2D eigenvalue weighted by atomic mass is 10.00. The molecule has 0 bridgehead atoms. The van der Waals surface area contributed by atoms with Crippen molar-refractivity contribution in [3.63, 3.8) is 0 Å². The molecule has 0 saturated heterocycles. The third-order valence-corrected chi connectivity index (χ3v) is 4.07. The monoisotopic (exact) mass is 399 g/mol. The Kier molecular flexibility index (Phi) is 12.3. The Balaban J connectivity index is 5.19. The van der Waals surface area contributed by atoms with Gasteiger partial charge in [0.15, 0.2) is 0 Å². The van der Waals surface area contributed by atoms with Crippen LogP contribution in [0.5, 0.6) is 0 Å². The minimum absolute atomic E-state index is 0.0877. The summed E-state index contributed by atoms with van der Waals surface area (Å²) in [6, 6.07) is -2.46. The maximum Gasteiger partial charge on any atom is 0.328 e. The second-order valence-corrected chi connectivity index (χ2v) is 7.98. The topological polar surface area (TPSA) is 128 Å². The smallest absolute Gasteiger partial charge is 0.328 e. The van der Waals surface area contributed by atoms with E-state index in [4.69, 9.17) is 10.5 Å². The van der Waals surface area contributed by atoms with E-state index < -0.39 is 35.9 Å². The molecule has 28 heavy (non-hydrogen) atoms. The molecule has 3 atom stereocenters. The van der Waals surface area contributed by atoms with Crippen molar-refractivity contribution in [1.29, 1.82) is 0 Å². The highest BCUT2D eigenvalue weighted by molar-refractivity contribution is 5.92. The summed E-state index contributed by atoms with van der Waals surface area (Å²) >= 11 is 0. The van der Waals surface area contributed by atoms with Crippen LogP contribution in [0.2, 0.25) is 0 Å². The predicted octanol–water partition coefficient (Wildman–Crippen LogP) is 1.31. The molecule has 0 aliphatic rings. The third-order valence-electron chi connectivity index (χ3n) is 4.07. The summed E-state index contributed by atoms with van der Waals surface area (Å²) in [6.07, 6.45) is 1.19. The van der Waals surface area contributed by atoms with Gasteiger partial charge >= 0.3 is 5.97 Å². The summed E-state index contributed by atoms with van der Waals surface area (Å²) < 4.78 is 4.99. The Morgan fingerprint density at radius 3 is 1.89 bits per heavy atom. The Morgan fingerprint density at radius 2 is 1.43 bits per heavy atom. The summed E-state index contributed by atoms with van der Waals surface area (Å²) in [5, 5.41) is 5.33. The summed E-state index contributed by atoms with van der Waals surface area (Å²) in [6.45, 7) is 11.0. The zero-order chi connectivity index (χ0) is 21.9. The molecular weight excluding hydrogens is 362 g/mol. The summed E-state index contributed by atoms with van der Waals surface area (Å²) in [7, 11) is 0. The summed E-state index contributed by atoms with van der Waals surface area (Å²) in [5.41, 5.74) is 5.91. The molecule has 0 aromatic carbocycles. The van der Waals surface area contributed by atoms with Crippen molar-refractivity contribution in [3.05, 3.63) is 0 Å². The number of nitrogens with one attached hydrogen (secondary N) is 2. The molecule has 0 radical (unpaired) electrons. The molecule has 3 unspecified atom stereocenters. The van der Waals surface area contributed by atoms with Crippen LogP contribution >= 0.6 is 0 Å². The van der Waals surface area contributed by atoms with Gasteiger partial charge in [-0.2, -0.15) is 0 Å². The first-order valence-corrected chi connectivity index (χ1v) is 10.00. The molecule has 0 aliphatic heterocycles. The van der Waals surface area contributed by atoms with E-state index in [0.29, 0.717) is 12.8 Å². The van der Waals surface area contributed by atoms with E-state index in [0.717, 1.165) is 0 Å². The fourth-order valence-electron chi connectivity index (χ4n) is 2.71. The number of nitrogens with two attached hydrogens (primary N) is 1. The van der Waals surface area contributed by atoms with Crippen molar-refractivity contribution in [3.8, 4) is 0 Å². The largest absolute Gasteiger partial charge is 0.464 e. The SMILES string of the molecule is CCOC(=O)C(CCC(C)=O)NC(=O)C(CC(C)C)NC(=O)C(N)CC(C)C. The van der Waals surface area contributed by atoms with E-state index in [-0.39, 0.29) is 37.1 Å². The maximum atomic E-state index is 12.8. The van der Waals surface area contributed by atoms with Gasteiger partial charge in [0, 0.05) is 6.42 Å².